The van der Waals surface area contributed by atoms with Crippen molar-refractivity contribution in [1.29, 1.82) is 0 Å². The Hall–Kier alpha value is -0.950. The summed E-state index contributed by atoms with van der Waals surface area (Å²) in [7, 11) is -1.21. The van der Waals surface area contributed by atoms with Gasteiger partial charge in [0, 0.05) is 26.2 Å². The molecule has 1 aliphatic rings. The summed E-state index contributed by atoms with van der Waals surface area (Å²) in [6, 6.07) is 10.3. The van der Waals surface area contributed by atoms with Gasteiger partial charge in [0.2, 0.25) is 0 Å². The number of piperidine rings is 1. The Balaban J connectivity index is 1.65. The van der Waals surface area contributed by atoms with E-state index < -0.39 is 10.2 Å². The summed E-state index contributed by atoms with van der Waals surface area (Å²) in [6.07, 6.45) is 3.90. The van der Waals surface area contributed by atoms with Crippen LogP contribution in [0.15, 0.2) is 30.3 Å². The SMILES string of the molecule is CN(CCCNS(=O)(=O)N1CCCCC1)Cc1ccccc1. The maximum atomic E-state index is 12.1. The molecule has 0 radical (unpaired) electrons. The number of benzene rings is 1. The molecule has 1 fully saturated rings. The van der Waals surface area contributed by atoms with Gasteiger partial charge < -0.3 is 4.90 Å². The Morgan fingerprint density at radius 3 is 2.50 bits per heavy atom. The van der Waals surface area contributed by atoms with Crippen LogP contribution in [0.4, 0.5) is 0 Å². The van der Waals surface area contributed by atoms with Crippen LogP contribution in [-0.4, -0.2) is 50.8 Å². The molecule has 1 aliphatic heterocycles. The van der Waals surface area contributed by atoms with E-state index in [2.05, 4.69) is 28.8 Å². The number of nitrogens with zero attached hydrogens (tertiary/aromatic N) is 2. The first kappa shape index (κ1) is 17.4. The van der Waals surface area contributed by atoms with Gasteiger partial charge in [-0.05, 0) is 38.4 Å². The summed E-state index contributed by atoms with van der Waals surface area (Å²) < 4.78 is 28.5. The Labute approximate surface area is 134 Å². The molecular formula is C16H27N3O2S. The monoisotopic (exact) mass is 325 g/mol. The minimum Gasteiger partial charge on any atom is -0.302 e. The first-order valence-corrected chi connectivity index (χ1v) is 9.49. The molecule has 1 N–H and O–H groups in total. The average molecular weight is 325 g/mol. The minimum atomic E-state index is -3.28. The fraction of sp³-hybridized carbons (Fsp3) is 0.625. The zero-order valence-corrected chi connectivity index (χ0v) is 14.2. The van der Waals surface area contributed by atoms with Crippen LogP contribution in [0.2, 0.25) is 0 Å². The van der Waals surface area contributed by atoms with E-state index in [1.54, 1.807) is 4.31 Å². The second-order valence-corrected chi connectivity index (χ2v) is 7.69. The van der Waals surface area contributed by atoms with Gasteiger partial charge in [0.25, 0.3) is 10.2 Å². The zero-order chi connectivity index (χ0) is 15.8. The van der Waals surface area contributed by atoms with Crippen LogP contribution in [0.25, 0.3) is 0 Å². The van der Waals surface area contributed by atoms with Crippen LogP contribution in [0, 0.1) is 0 Å². The molecule has 0 aliphatic carbocycles. The molecule has 1 aromatic carbocycles. The third-order valence-electron chi connectivity index (χ3n) is 3.95. The molecule has 0 bridgehead atoms. The van der Waals surface area contributed by atoms with Crippen LogP contribution in [-0.2, 0) is 16.8 Å². The van der Waals surface area contributed by atoms with Crippen molar-refractivity contribution in [2.75, 3.05) is 33.2 Å². The van der Waals surface area contributed by atoms with Gasteiger partial charge in [-0.1, -0.05) is 36.8 Å². The molecule has 5 nitrogen and oxygen atoms in total. The largest absolute Gasteiger partial charge is 0.302 e. The second-order valence-electron chi connectivity index (χ2n) is 5.94. The third kappa shape index (κ3) is 5.68. The summed E-state index contributed by atoms with van der Waals surface area (Å²) in [5.41, 5.74) is 1.28. The van der Waals surface area contributed by atoms with Crippen molar-refractivity contribution >= 4 is 10.2 Å². The van der Waals surface area contributed by atoms with Gasteiger partial charge in [0.1, 0.15) is 0 Å². The molecule has 0 spiro atoms. The quantitative estimate of drug-likeness (QED) is 0.742. The molecular weight excluding hydrogens is 298 g/mol. The number of hydrogen-bond acceptors (Lipinski definition) is 3. The van der Waals surface area contributed by atoms with Crippen molar-refractivity contribution in [1.82, 2.24) is 13.9 Å². The zero-order valence-electron chi connectivity index (χ0n) is 13.4. The summed E-state index contributed by atoms with van der Waals surface area (Å²) in [5, 5.41) is 0. The highest BCUT2D eigenvalue weighted by Crippen LogP contribution is 2.11. The van der Waals surface area contributed by atoms with E-state index in [9.17, 15) is 8.42 Å². The van der Waals surface area contributed by atoms with Crippen molar-refractivity contribution in [2.45, 2.75) is 32.2 Å². The normalized spacial score (nSPS) is 17.0. The number of nitrogens with one attached hydrogen (secondary N) is 1. The fourth-order valence-corrected chi connectivity index (χ4v) is 4.04. The lowest BCUT2D eigenvalue weighted by Crippen LogP contribution is -2.44. The molecule has 0 unspecified atom stereocenters. The van der Waals surface area contributed by atoms with Crippen LogP contribution in [0.1, 0.15) is 31.2 Å². The molecule has 124 valence electrons. The maximum absolute atomic E-state index is 12.1. The average Bonchev–Trinajstić information content (AvgIpc) is 2.53. The smallest absolute Gasteiger partial charge is 0.279 e. The highest BCUT2D eigenvalue weighted by atomic mass is 32.2. The van der Waals surface area contributed by atoms with Crippen LogP contribution >= 0.6 is 0 Å². The van der Waals surface area contributed by atoms with E-state index >= 15 is 0 Å². The molecule has 0 aromatic heterocycles. The Kier molecular flexibility index (Phi) is 6.82. The minimum absolute atomic E-state index is 0.498. The van der Waals surface area contributed by atoms with Crippen molar-refractivity contribution in [3.05, 3.63) is 35.9 Å². The molecule has 6 heteroatoms. The van der Waals surface area contributed by atoms with Crippen molar-refractivity contribution < 1.29 is 8.42 Å². The Morgan fingerprint density at radius 1 is 1.14 bits per heavy atom. The van der Waals surface area contributed by atoms with Gasteiger partial charge in [-0.25, -0.2) is 4.72 Å². The molecule has 1 heterocycles. The van der Waals surface area contributed by atoms with E-state index in [0.29, 0.717) is 19.6 Å². The topological polar surface area (TPSA) is 52.7 Å². The lowest BCUT2D eigenvalue weighted by molar-refractivity contribution is 0.319. The maximum Gasteiger partial charge on any atom is 0.279 e. The highest BCUT2D eigenvalue weighted by Gasteiger charge is 2.22. The first-order chi connectivity index (χ1) is 10.6. The summed E-state index contributed by atoms with van der Waals surface area (Å²) in [6.45, 7) is 3.57. The van der Waals surface area contributed by atoms with Crippen molar-refractivity contribution in [3.8, 4) is 0 Å². The summed E-state index contributed by atoms with van der Waals surface area (Å²) in [5.74, 6) is 0. The molecule has 22 heavy (non-hydrogen) atoms. The molecule has 0 amide bonds. The van der Waals surface area contributed by atoms with E-state index in [0.717, 1.165) is 38.8 Å². The summed E-state index contributed by atoms with van der Waals surface area (Å²) in [4.78, 5) is 2.21. The standard InChI is InChI=1S/C16H27N3O2S/c1-18(15-16-9-4-2-5-10-16)12-8-11-17-22(20,21)19-13-6-3-7-14-19/h2,4-5,9-10,17H,3,6-8,11-15H2,1H3. The lowest BCUT2D eigenvalue weighted by Gasteiger charge is -2.26. The van der Waals surface area contributed by atoms with Gasteiger partial charge in [-0.2, -0.15) is 12.7 Å². The molecule has 1 saturated heterocycles. The number of rotatable bonds is 8. The van der Waals surface area contributed by atoms with Crippen LogP contribution in [0.3, 0.4) is 0 Å². The van der Waals surface area contributed by atoms with E-state index in [4.69, 9.17) is 0 Å². The Bertz CT molecular complexity index is 528. The molecule has 2 rings (SSSR count). The van der Waals surface area contributed by atoms with Crippen molar-refractivity contribution in [2.24, 2.45) is 0 Å². The Morgan fingerprint density at radius 2 is 1.82 bits per heavy atom. The lowest BCUT2D eigenvalue weighted by atomic mass is 10.2. The van der Waals surface area contributed by atoms with Crippen LogP contribution < -0.4 is 4.72 Å². The first-order valence-electron chi connectivity index (χ1n) is 8.05. The molecule has 1 aromatic rings. The van der Waals surface area contributed by atoms with Gasteiger partial charge >= 0.3 is 0 Å². The predicted octanol–water partition coefficient (Wildman–Crippen LogP) is 1.83. The van der Waals surface area contributed by atoms with Gasteiger partial charge in [0.05, 0.1) is 0 Å². The van der Waals surface area contributed by atoms with Gasteiger partial charge in [0.15, 0.2) is 0 Å². The number of hydrogen-bond donors (Lipinski definition) is 1. The second kappa shape index (κ2) is 8.62. The summed E-state index contributed by atoms with van der Waals surface area (Å²) >= 11 is 0. The van der Waals surface area contributed by atoms with E-state index in [1.165, 1.54) is 5.56 Å². The van der Waals surface area contributed by atoms with E-state index in [1.807, 2.05) is 18.2 Å². The fourth-order valence-electron chi connectivity index (χ4n) is 2.72. The van der Waals surface area contributed by atoms with Gasteiger partial charge in [-0.15, -0.1) is 0 Å². The molecule has 0 saturated carbocycles. The third-order valence-corrected chi connectivity index (χ3v) is 5.57. The highest BCUT2D eigenvalue weighted by molar-refractivity contribution is 7.87. The molecule has 0 atom stereocenters. The van der Waals surface area contributed by atoms with Crippen molar-refractivity contribution in [3.63, 3.8) is 0 Å². The van der Waals surface area contributed by atoms with Gasteiger partial charge in [-0.3, -0.25) is 0 Å². The van der Waals surface area contributed by atoms with E-state index in [-0.39, 0.29) is 0 Å². The predicted molar refractivity (Wildman–Crippen MR) is 89.7 cm³/mol. The van der Waals surface area contributed by atoms with Crippen LogP contribution in [0.5, 0.6) is 0 Å².